The Labute approximate surface area is 200 Å². The van der Waals surface area contributed by atoms with Gasteiger partial charge in [-0.3, -0.25) is 14.4 Å². The fourth-order valence-electron chi connectivity index (χ4n) is 5.43. The van der Waals surface area contributed by atoms with E-state index in [9.17, 15) is 14.4 Å². The highest BCUT2D eigenvalue weighted by Crippen LogP contribution is 2.38. The van der Waals surface area contributed by atoms with Gasteiger partial charge < -0.3 is 19.9 Å². The van der Waals surface area contributed by atoms with Crippen molar-refractivity contribution in [2.24, 2.45) is 5.92 Å². The molecule has 3 aliphatic heterocycles. The second kappa shape index (κ2) is 9.12. The Balaban J connectivity index is 1.23. The number of likely N-dealkylation sites (tertiary alicyclic amines) is 2. The number of benzene rings is 2. The number of hydrogen-bond acceptors (Lipinski definition) is 4. The Morgan fingerprint density at radius 2 is 1.74 bits per heavy atom. The van der Waals surface area contributed by atoms with Crippen LogP contribution in [0.5, 0.6) is 5.75 Å². The third-order valence-electron chi connectivity index (χ3n) is 7.39. The first-order valence-corrected chi connectivity index (χ1v) is 12.2. The molecule has 7 heteroatoms. The van der Waals surface area contributed by atoms with Gasteiger partial charge in [-0.05, 0) is 43.5 Å². The quantitative estimate of drug-likeness (QED) is 0.741. The van der Waals surface area contributed by atoms with Crippen molar-refractivity contribution in [1.82, 2.24) is 9.80 Å². The van der Waals surface area contributed by atoms with Crippen molar-refractivity contribution in [3.63, 3.8) is 0 Å². The minimum atomic E-state index is -0.590. The number of anilines is 1. The molecule has 2 fully saturated rings. The molecular weight excluding hydrogens is 430 g/mol. The van der Waals surface area contributed by atoms with Crippen molar-refractivity contribution >= 4 is 23.4 Å². The molecule has 1 atom stereocenters. The third kappa shape index (κ3) is 4.39. The Morgan fingerprint density at radius 3 is 2.53 bits per heavy atom. The van der Waals surface area contributed by atoms with Crippen LogP contribution in [0.3, 0.4) is 0 Å². The Bertz CT molecular complexity index is 1110. The fraction of sp³-hybridized carbons (Fsp3) is 0.444. The molecular formula is C27H31N3O4. The van der Waals surface area contributed by atoms with Gasteiger partial charge in [0.1, 0.15) is 11.4 Å². The average molecular weight is 462 g/mol. The van der Waals surface area contributed by atoms with Crippen molar-refractivity contribution in [2.75, 3.05) is 31.5 Å². The number of carbonyl (C=O) groups is 3. The zero-order valence-corrected chi connectivity index (χ0v) is 19.6. The number of hydrogen-bond donors (Lipinski definition) is 1. The van der Waals surface area contributed by atoms with E-state index in [1.165, 1.54) is 0 Å². The standard InChI is InChI=1S/C27H31N3O4/c1-19-7-2-3-9-21(19)26(33)30-14-6-8-20(18-30)25(32)29-15-12-27(13-16-29)17-24(31)28-22-10-4-5-11-23(22)34-27/h2-5,7,9-11,20H,6,8,12-18H2,1H3,(H,28,31). The first-order chi connectivity index (χ1) is 16.4. The van der Waals surface area contributed by atoms with Gasteiger partial charge >= 0.3 is 0 Å². The average Bonchev–Trinajstić information content (AvgIpc) is 2.99. The topological polar surface area (TPSA) is 79.0 Å². The maximum atomic E-state index is 13.4. The molecule has 5 rings (SSSR count). The number of nitrogens with zero attached hydrogens (tertiary/aromatic N) is 2. The van der Waals surface area contributed by atoms with Crippen LogP contribution in [-0.4, -0.2) is 59.3 Å². The maximum absolute atomic E-state index is 13.4. The maximum Gasteiger partial charge on any atom is 0.254 e. The molecule has 1 spiro atoms. The molecule has 0 saturated carbocycles. The predicted octanol–water partition coefficient (Wildman–Crippen LogP) is 3.63. The molecule has 7 nitrogen and oxygen atoms in total. The lowest BCUT2D eigenvalue weighted by molar-refractivity contribution is -0.141. The van der Waals surface area contributed by atoms with Crippen LogP contribution in [0.25, 0.3) is 0 Å². The van der Waals surface area contributed by atoms with Crippen molar-refractivity contribution < 1.29 is 19.1 Å². The second-order valence-corrected chi connectivity index (χ2v) is 9.74. The summed E-state index contributed by atoms with van der Waals surface area (Å²) in [6.07, 6.45) is 3.13. The smallest absolute Gasteiger partial charge is 0.254 e. The zero-order chi connectivity index (χ0) is 23.7. The molecule has 0 aliphatic carbocycles. The van der Waals surface area contributed by atoms with Gasteiger partial charge in [0.25, 0.3) is 5.91 Å². The summed E-state index contributed by atoms with van der Waals surface area (Å²) >= 11 is 0. The van der Waals surface area contributed by atoms with E-state index in [0.29, 0.717) is 56.0 Å². The number of para-hydroxylation sites is 2. The number of ether oxygens (including phenoxy) is 1. The molecule has 0 radical (unpaired) electrons. The summed E-state index contributed by atoms with van der Waals surface area (Å²) in [7, 11) is 0. The Morgan fingerprint density at radius 1 is 1.00 bits per heavy atom. The number of aryl methyl sites for hydroxylation is 1. The third-order valence-corrected chi connectivity index (χ3v) is 7.39. The van der Waals surface area contributed by atoms with E-state index in [2.05, 4.69) is 5.32 Å². The monoisotopic (exact) mass is 461 g/mol. The van der Waals surface area contributed by atoms with E-state index in [-0.39, 0.29) is 30.1 Å². The number of fused-ring (bicyclic) bond motifs is 1. The van der Waals surface area contributed by atoms with Crippen LogP contribution in [-0.2, 0) is 9.59 Å². The summed E-state index contributed by atoms with van der Waals surface area (Å²) in [5.41, 5.74) is 1.77. The first-order valence-electron chi connectivity index (χ1n) is 12.2. The second-order valence-electron chi connectivity index (χ2n) is 9.74. The lowest BCUT2D eigenvalue weighted by atomic mass is 9.86. The van der Waals surface area contributed by atoms with Crippen LogP contribution >= 0.6 is 0 Å². The van der Waals surface area contributed by atoms with Crippen LogP contribution in [0.1, 0.15) is 48.0 Å². The summed E-state index contributed by atoms with van der Waals surface area (Å²) in [5, 5.41) is 2.93. The van der Waals surface area contributed by atoms with Gasteiger partial charge in [0.15, 0.2) is 0 Å². The van der Waals surface area contributed by atoms with Gasteiger partial charge in [0, 0.05) is 44.6 Å². The number of nitrogens with one attached hydrogen (secondary N) is 1. The van der Waals surface area contributed by atoms with Gasteiger partial charge in [-0.25, -0.2) is 0 Å². The normalized spacial score (nSPS) is 21.8. The SMILES string of the molecule is Cc1ccccc1C(=O)N1CCCC(C(=O)N2CCC3(CC2)CC(=O)Nc2ccccc2O3)C1. The van der Waals surface area contributed by atoms with E-state index in [4.69, 9.17) is 4.74 Å². The lowest BCUT2D eigenvalue weighted by Crippen LogP contribution is -2.53. The number of piperidine rings is 2. The predicted molar refractivity (Wildman–Crippen MR) is 129 cm³/mol. The Kier molecular flexibility index (Phi) is 6.02. The van der Waals surface area contributed by atoms with Crippen LogP contribution in [0, 0.1) is 12.8 Å². The summed E-state index contributed by atoms with van der Waals surface area (Å²) in [4.78, 5) is 42.7. The number of carbonyl (C=O) groups excluding carboxylic acids is 3. The molecule has 3 heterocycles. The van der Waals surface area contributed by atoms with Crippen LogP contribution < -0.4 is 10.1 Å². The van der Waals surface area contributed by atoms with Gasteiger partial charge in [-0.15, -0.1) is 0 Å². The molecule has 3 amide bonds. The highest BCUT2D eigenvalue weighted by molar-refractivity contribution is 5.96. The van der Waals surface area contributed by atoms with E-state index < -0.39 is 5.60 Å². The van der Waals surface area contributed by atoms with E-state index >= 15 is 0 Å². The van der Waals surface area contributed by atoms with Crippen LogP contribution in [0.2, 0.25) is 0 Å². The van der Waals surface area contributed by atoms with E-state index in [1.807, 2.05) is 65.3 Å². The van der Waals surface area contributed by atoms with Crippen molar-refractivity contribution in [1.29, 1.82) is 0 Å². The summed E-state index contributed by atoms with van der Waals surface area (Å²) < 4.78 is 6.36. The summed E-state index contributed by atoms with van der Waals surface area (Å²) in [6, 6.07) is 15.1. The number of rotatable bonds is 2. The molecule has 0 aromatic heterocycles. The molecule has 0 bridgehead atoms. The molecule has 178 valence electrons. The van der Waals surface area contributed by atoms with Crippen molar-refractivity contribution in [3.8, 4) is 5.75 Å². The van der Waals surface area contributed by atoms with Gasteiger partial charge in [0.05, 0.1) is 18.0 Å². The van der Waals surface area contributed by atoms with Gasteiger partial charge in [0.2, 0.25) is 11.8 Å². The highest BCUT2D eigenvalue weighted by Gasteiger charge is 2.43. The summed E-state index contributed by atoms with van der Waals surface area (Å²) in [5.74, 6) is 0.559. The molecule has 2 saturated heterocycles. The molecule has 34 heavy (non-hydrogen) atoms. The molecule has 2 aromatic rings. The minimum absolute atomic E-state index is 0.00438. The van der Waals surface area contributed by atoms with Crippen LogP contribution in [0.15, 0.2) is 48.5 Å². The zero-order valence-electron chi connectivity index (χ0n) is 19.6. The van der Waals surface area contributed by atoms with E-state index in [0.717, 1.165) is 18.4 Å². The first kappa shape index (κ1) is 22.4. The molecule has 1 unspecified atom stereocenters. The number of amides is 3. The lowest BCUT2D eigenvalue weighted by Gasteiger charge is -2.42. The van der Waals surface area contributed by atoms with Gasteiger partial charge in [-0.2, -0.15) is 0 Å². The van der Waals surface area contributed by atoms with Crippen molar-refractivity contribution in [3.05, 3.63) is 59.7 Å². The van der Waals surface area contributed by atoms with Crippen molar-refractivity contribution in [2.45, 2.75) is 44.6 Å². The Hall–Kier alpha value is -3.35. The van der Waals surface area contributed by atoms with E-state index in [1.54, 1.807) is 0 Å². The fourth-order valence-corrected chi connectivity index (χ4v) is 5.43. The summed E-state index contributed by atoms with van der Waals surface area (Å²) in [6.45, 7) is 4.19. The van der Waals surface area contributed by atoms with Crippen LogP contribution in [0.4, 0.5) is 5.69 Å². The minimum Gasteiger partial charge on any atom is -0.484 e. The van der Waals surface area contributed by atoms with Gasteiger partial charge in [-0.1, -0.05) is 30.3 Å². The molecule has 2 aromatic carbocycles. The largest absolute Gasteiger partial charge is 0.484 e. The molecule has 1 N–H and O–H groups in total. The molecule has 3 aliphatic rings. The highest BCUT2D eigenvalue weighted by atomic mass is 16.5.